The molecular weight excluding hydrogens is 488 g/mol. The summed E-state index contributed by atoms with van der Waals surface area (Å²) in [4.78, 5) is 21.2. The van der Waals surface area contributed by atoms with Gasteiger partial charge in [-0.15, -0.1) is 0 Å². The van der Waals surface area contributed by atoms with E-state index in [0.29, 0.717) is 6.54 Å². The summed E-state index contributed by atoms with van der Waals surface area (Å²) in [7, 11) is 4.35. The van der Waals surface area contributed by atoms with Crippen molar-refractivity contribution >= 4 is 17.5 Å². The zero-order valence-electron chi connectivity index (χ0n) is 24.8. The van der Waals surface area contributed by atoms with Gasteiger partial charge in [-0.25, -0.2) is 4.79 Å². The molecule has 216 valence electrons. The van der Waals surface area contributed by atoms with E-state index in [1.165, 1.54) is 22.5 Å². The Morgan fingerprint density at radius 3 is 1.54 bits per heavy atom. The van der Waals surface area contributed by atoms with Crippen molar-refractivity contribution in [3.05, 3.63) is 59.7 Å². The van der Waals surface area contributed by atoms with Crippen LogP contribution in [0, 0.1) is 0 Å². The van der Waals surface area contributed by atoms with Crippen molar-refractivity contribution in [3.8, 4) is 0 Å². The minimum atomic E-state index is -0.450. The number of nitrogens with two attached hydrogens (primary N) is 1. The summed E-state index contributed by atoms with van der Waals surface area (Å²) in [5.41, 5.74) is 10.3. The van der Waals surface area contributed by atoms with E-state index >= 15 is 0 Å². The lowest BCUT2D eigenvalue weighted by atomic mass is 10.1. The highest BCUT2D eigenvalue weighted by Gasteiger charge is 2.16. The topological polar surface area (TPSA) is 77.3 Å². The third-order valence-electron chi connectivity index (χ3n) is 7.12. The van der Waals surface area contributed by atoms with Crippen LogP contribution in [0.15, 0.2) is 48.5 Å². The Morgan fingerprint density at radius 1 is 0.744 bits per heavy atom. The van der Waals surface area contributed by atoms with Gasteiger partial charge >= 0.3 is 6.09 Å². The van der Waals surface area contributed by atoms with Crippen molar-refractivity contribution in [2.45, 2.75) is 39.2 Å². The first kappa shape index (κ1) is 30.7. The maximum atomic E-state index is 11.6. The van der Waals surface area contributed by atoms with Gasteiger partial charge in [-0.1, -0.05) is 24.3 Å². The molecule has 8 nitrogen and oxygen atoms in total. The van der Waals surface area contributed by atoms with Crippen LogP contribution < -0.4 is 20.9 Å². The van der Waals surface area contributed by atoms with Gasteiger partial charge in [0, 0.05) is 70.3 Å². The Morgan fingerprint density at radius 2 is 1.15 bits per heavy atom. The third-order valence-corrected chi connectivity index (χ3v) is 7.12. The number of anilines is 2. The average Bonchev–Trinajstić information content (AvgIpc) is 2.90. The molecule has 0 atom stereocenters. The smallest absolute Gasteiger partial charge is 0.407 e. The number of likely N-dealkylation sites (N-methyl/N-ethyl adjacent to an activating group) is 2. The van der Waals surface area contributed by atoms with Gasteiger partial charge in [-0.05, 0) is 89.6 Å². The molecule has 2 aromatic rings. The van der Waals surface area contributed by atoms with E-state index in [2.05, 4.69) is 87.5 Å². The number of alkyl carbamates (subject to hydrolysis) is 1. The number of nitrogens with zero attached hydrogens (tertiary/aromatic N) is 4. The predicted octanol–water partition coefficient (Wildman–Crippen LogP) is 3.45. The number of rotatable bonds is 7. The van der Waals surface area contributed by atoms with Crippen LogP contribution in [0.4, 0.5) is 16.2 Å². The zero-order valence-corrected chi connectivity index (χ0v) is 24.8. The number of amides is 1. The molecule has 0 bridgehead atoms. The fourth-order valence-electron chi connectivity index (χ4n) is 4.67. The van der Waals surface area contributed by atoms with Crippen molar-refractivity contribution in [2.75, 3.05) is 89.3 Å². The van der Waals surface area contributed by atoms with E-state index in [9.17, 15) is 4.79 Å². The van der Waals surface area contributed by atoms with Crippen LogP contribution in [0.1, 0.15) is 31.9 Å². The molecule has 3 N–H and O–H groups in total. The molecule has 0 saturated carbocycles. The van der Waals surface area contributed by atoms with Gasteiger partial charge in [-0.3, -0.25) is 0 Å². The van der Waals surface area contributed by atoms with E-state index in [1.807, 2.05) is 20.8 Å². The summed E-state index contributed by atoms with van der Waals surface area (Å²) >= 11 is 0. The molecule has 0 aromatic heterocycles. The van der Waals surface area contributed by atoms with Crippen LogP contribution >= 0.6 is 0 Å². The molecule has 0 radical (unpaired) electrons. The number of benzene rings is 2. The van der Waals surface area contributed by atoms with Gasteiger partial charge in [0.05, 0.1) is 0 Å². The molecule has 0 spiro atoms. The lowest BCUT2D eigenvalue weighted by molar-refractivity contribution is 0.0528. The third kappa shape index (κ3) is 11.1. The highest BCUT2D eigenvalue weighted by molar-refractivity contribution is 5.67. The summed E-state index contributed by atoms with van der Waals surface area (Å²) in [5, 5.41) is 2.79. The SMILES string of the molecule is CN1CCN(c2ccc(CCN)cc2)CC1.CN1CCN(c2ccc(CCNC(=O)OC(C)(C)C)cc2)CC1. The Kier molecular flexibility index (Phi) is 11.9. The fraction of sp³-hybridized carbons (Fsp3) is 0.581. The molecule has 1 amide bonds. The second-order valence-electron chi connectivity index (χ2n) is 11.6. The molecule has 8 heteroatoms. The molecule has 4 rings (SSSR count). The molecule has 2 aliphatic heterocycles. The number of piperazine rings is 2. The van der Waals surface area contributed by atoms with Crippen LogP contribution in [0.3, 0.4) is 0 Å². The largest absolute Gasteiger partial charge is 0.444 e. The number of carbonyl (C=O) groups excluding carboxylic acids is 1. The van der Waals surface area contributed by atoms with Crippen LogP contribution in [-0.4, -0.2) is 101 Å². The van der Waals surface area contributed by atoms with Crippen molar-refractivity contribution in [3.63, 3.8) is 0 Å². The first-order valence-corrected chi connectivity index (χ1v) is 14.3. The van der Waals surface area contributed by atoms with Gasteiger partial charge < -0.3 is 35.4 Å². The number of hydrogen-bond donors (Lipinski definition) is 2. The second-order valence-corrected chi connectivity index (χ2v) is 11.6. The van der Waals surface area contributed by atoms with Crippen molar-refractivity contribution in [2.24, 2.45) is 5.73 Å². The monoisotopic (exact) mass is 538 g/mol. The van der Waals surface area contributed by atoms with Gasteiger partial charge in [0.25, 0.3) is 0 Å². The molecule has 2 aliphatic rings. The second kappa shape index (κ2) is 15.1. The van der Waals surface area contributed by atoms with Crippen LogP contribution in [-0.2, 0) is 17.6 Å². The Bertz CT molecular complexity index is 974. The van der Waals surface area contributed by atoms with Crippen molar-refractivity contribution < 1.29 is 9.53 Å². The lowest BCUT2D eigenvalue weighted by Crippen LogP contribution is -2.44. The lowest BCUT2D eigenvalue weighted by Gasteiger charge is -2.34. The minimum absolute atomic E-state index is 0.355. The number of hydrogen-bond acceptors (Lipinski definition) is 7. The predicted molar refractivity (Wildman–Crippen MR) is 163 cm³/mol. The van der Waals surface area contributed by atoms with Gasteiger partial charge in [0.2, 0.25) is 0 Å². The number of carbonyl (C=O) groups is 1. The van der Waals surface area contributed by atoms with E-state index in [4.69, 9.17) is 10.5 Å². The molecule has 2 fully saturated rings. The molecule has 0 aliphatic carbocycles. The minimum Gasteiger partial charge on any atom is -0.444 e. The average molecular weight is 539 g/mol. The molecule has 39 heavy (non-hydrogen) atoms. The van der Waals surface area contributed by atoms with Crippen LogP contribution in [0.5, 0.6) is 0 Å². The summed E-state index contributed by atoms with van der Waals surface area (Å²) in [5.74, 6) is 0. The molecular formula is C31H50N6O2. The van der Waals surface area contributed by atoms with E-state index in [-0.39, 0.29) is 6.09 Å². The van der Waals surface area contributed by atoms with E-state index in [0.717, 1.165) is 71.7 Å². The standard InChI is InChI=1S/C18H29N3O2.C13H21N3/c1-18(2,3)23-17(22)19-10-9-15-5-7-16(8-6-15)21-13-11-20(4)12-14-21;1-15-8-10-16(11-9-15)13-4-2-12(3-5-13)6-7-14/h5-8H,9-14H2,1-4H3,(H,19,22);2-5H,6-11,14H2,1H3. The highest BCUT2D eigenvalue weighted by atomic mass is 16.6. The van der Waals surface area contributed by atoms with E-state index in [1.54, 1.807) is 0 Å². The quantitative estimate of drug-likeness (QED) is 0.559. The summed E-state index contributed by atoms with van der Waals surface area (Å²) < 4.78 is 5.22. The van der Waals surface area contributed by atoms with Crippen molar-refractivity contribution in [1.29, 1.82) is 0 Å². The molecule has 0 unspecified atom stereocenters. The van der Waals surface area contributed by atoms with Crippen molar-refractivity contribution in [1.82, 2.24) is 15.1 Å². The molecule has 2 aromatic carbocycles. The normalized spacial score (nSPS) is 16.9. The number of ether oxygens (including phenoxy) is 1. The first-order valence-electron chi connectivity index (χ1n) is 14.3. The van der Waals surface area contributed by atoms with Gasteiger partial charge in [0.1, 0.15) is 5.60 Å². The summed E-state index contributed by atoms with van der Waals surface area (Å²) in [6.45, 7) is 15.9. The number of nitrogens with one attached hydrogen (secondary N) is 1. The molecule has 2 heterocycles. The fourth-order valence-corrected chi connectivity index (χ4v) is 4.67. The molecule has 2 saturated heterocycles. The van der Waals surface area contributed by atoms with Gasteiger partial charge in [-0.2, -0.15) is 0 Å². The maximum absolute atomic E-state index is 11.6. The Labute approximate surface area is 236 Å². The Hall–Kier alpha value is -2.81. The van der Waals surface area contributed by atoms with Crippen LogP contribution in [0.25, 0.3) is 0 Å². The summed E-state index contributed by atoms with van der Waals surface area (Å²) in [6.07, 6.45) is 1.43. The summed E-state index contributed by atoms with van der Waals surface area (Å²) in [6, 6.07) is 17.5. The highest BCUT2D eigenvalue weighted by Crippen LogP contribution is 2.18. The van der Waals surface area contributed by atoms with E-state index < -0.39 is 5.60 Å². The Balaban J connectivity index is 0.000000230. The van der Waals surface area contributed by atoms with Gasteiger partial charge in [0.15, 0.2) is 0 Å². The van der Waals surface area contributed by atoms with Crippen LogP contribution in [0.2, 0.25) is 0 Å². The zero-order chi connectivity index (χ0) is 28.3. The maximum Gasteiger partial charge on any atom is 0.407 e. The first-order chi connectivity index (χ1) is 18.6.